The van der Waals surface area contributed by atoms with Crippen LogP contribution in [0.5, 0.6) is 28.7 Å². The molecule has 31 heavy (non-hydrogen) atoms. The minimum Gasteiger partial charge on any atom is -0.497 e. The molecule has 2 rings (SSSR count). The van der Waals surface area contributed by atoms with Crippen LogP contribution in [0.15, 0.2) is 35.3 Å². The normalized spacial score (nSPS) is 10.6. The van der Waals surface area contributed by atoms with Crippen molar-refractivity contribution in [2.45, 2.75) is 13.0 Å². The lowest BCUT2D eigenvalue weighted by Crippen LogP contribution is -2.38. The molecule has 0 heterocycles. The van der Waals surface area contributed by atoms with Crippen molar-refractivity contribution in [3.63, 3.8) is 0 Å². The number of hydrogen-bond donors (Lipinski definition) is 2. The van der Waals surface area contributed by atoms with Gasteiger partial charge in [-0.25, -0.2) is 0 Å². The molecule has 0 radical (unpaired) electrons. The molecule has 0 bridgehead atoms. The molecule has 0 spiro atoms. The van der Waals surface area contributed by atoms with Crippen LogP contribution in [-0.2, 0) is 13.0 Å². The summed E-state index contributed by atoms with van der Waals surface area (Å²) in [6, 6.07) is 9.42. The molecule has 0 aromatic heterocycles. The number of benzene rings is 2. The Kier molecular flexibility index (Phi) is 11.7. The zero-order valence-corrected chi connectivity index (χ0v) is 21.2. The number of nitrogens with zero attached hydrogens (tertiary/aromatic N) is 1. The van der Waals surface area contributed by atoms with Crippen LogP contribution in [-0.4, -0.2) is 55.1 Å². The highest BCUT2D eigenvalue weighted by Crippen LogP contribution is 2.34. The lowest BCUT2D eigenvalue weighted by molar-refractivity contribution is 0.368. The molecule has 172 valence electrons. The molecule has 8 nitrogen and oxygen atoms in total. The first kappa shape index (κ1) is 26.5. The smallest absolute Gasteiger partial charge is 0.191 e. The van der Waals surface area contributed by atoms with Gasteiger partial charge in [-0.05, 0) is 18.6 Å². The van der Waals surface area contributed by atoms with Gasteiger partial charge in [0, 0.05) is 49.5 Å². The van der Waals surface area contributed by atoms with Crippen LogP contribution in [0.25, 0.3) is 0 Å². The summed E-state index contributed by atoms with van der Waals surface area (Å²) < 4.78 is 27.0. The van der Waals surface area contributed by atoms with Gasteiger partial charge in [-0.1, -0.05) is 0 Å². The Morgan fingerprint density at radius 2 is 1.35 bits per heavy atom. The zero-order chi connectivity index (χ0) is 21.9. The molecule has 0 aliphatic heterocycles. The average molecular weight is 545 g/mol. The lowest BCUT2D eigenvalue weighted by atomic mass is 10.1. The SMILES string of the molecule is CN=C(NCCc1c(OC)cc(OC)cc1OC)NCc1ccc(OC)cc1OC.I. The van der Waals surface area contributed by atoms with Crippen LogP contribution in [0, 0.1) is 0 Å². The summed E-state index contributed by atoms with van der Waals surface area (Å²) in [7, 11) is 9.88. The molecular formula is C22H32IN3O5. The van der Waals surface area contributed by atoms with E-state index in [1.54, 1.807) is 42.6 Å². The van der Waals surface area contributed by atoms with E-state index in [0.29, 0.717) is 31.2 Å². The molecule has 2 N–H and O–H groups in total. The molecule has 2 aromatic rings. The van der Waals surface area contributed by atoms with Gasteiger partial charge in [0.15, 0.2) is 5.96 Å². The number of halogens is 1. The van der Waals surface area contributed by atoms with Gasteiger partial charge in [0.05, 0.1) is 35.5 Å². The van der Waals surface area contributed by atoms with E-state index in [2.05, 4.69) is 15.6 Å². The van der Waals surface area contributed by atoms with Crippen molar-refractivity contribution in [1.82, 2.24) is 10.6 Å². The van der Waals surface area contributed by atoms with E-state index in [9.17, 15) is 0 Å². The van der Waals surface area contributed by atoms with Crippen molar-refractivity contribution in [3.05, 3.63) is 41.5 Å². The van der Waals surface area contributed by atoms with Crippen molar-refractivity contribution >= 4 is 29.9 Å². The number of rotatable bonds is 10. The number of guanidine groups is 1. The fourth-order valence-electron chi connectivity index (χ4n) is 3.03. The van der Waals surface area contributed by atoms with Crippen LogP contribution < -0.4 is 34.3 Å². The molecule has 2 aromatic carbocycles. The molecular weight excluding hydrogens is 513 g/mol. The molecule has 0 aliphatic rings. The Morgan fingerprint density at radius 3 is 1.87 bits per heavy atom. The topological polar surface area (TPSA) is 82.6 Å². The summed E-state index contributed by atoms with van der Waals surface area (Å²) in [6.07, 6.45) is 0.683. The number of aliphatic imine (C=N–C) groups is 1. The molecule has 9 heteroatoms. The second-order valence-electron chi connectivity index (χ2n) is 6.29. The van der Waals surface area contributed by atoms with E-state index in [1.807, 2.05) is 30.3 Å². The van der Waals surface area contributed by atoms with Crippen LogP contribution in [0.3, 0.4) is 0 Å². The highest BCUT2D eigenvalue weighted by molar-refractivity contribution is 14.0. The highest BCUT2D eigenvalue weighted by Gasteiger charge is 2.13. The summed E-state index contributed by atoms with van der Waals surface area (Å²) >= 11 is 0. The summed E-state index contributed by atoms with van der Waals surface area (Å²) in [4.78, 5) is 4.28. The first-order chi connectivity index (χ1) is 14.6. The quantitative estimate of drug-likeness (QED) is 0.270. The van der Waals surface area contributed by atoms with Gasteiger partial charge in [-0.2, -0.15) is 0 Å². The number of ether oxygens (including phenoxy) is 5. The maximum Gasteiger partial charge on any atom is 0.191 e. The molecule has 0 unspecified atom stereocenters. The number of nitrogens with one attached hydrogen (secondary N) is 2. The molecule has 0 aliphatic carbocycles. The Hall–Kier alpha value is -2.56. The van der Waals surface area contributed by atoms with Crippen molar-refractivity contribution < 1.29 is 23.7 Å². The average Bonchev–Trinajstić information content (AvgIpc) is 2.80. The Bertz CT molecular complexity index is 836. The number of methoxy groups -OCH3 is 5. The maximum absolute atomic E-state index is 5.51. The standard InChI is InChI=1S/C22H31N3O5.HI/c1-23-22(25-14-15-7-8-16(26-2)11-19(15)28-4)24-10-9-18-20(29-5)12-17(27-3)13-21(18)30-6;/h7-8,11-13H,9-10,14H2,1-6H3,(H2,23,24,25);1H. The van der Waals surface area contributed by atoms with Gasteiger partial charge >= 0.3 is 0 Å². The van der Waals surface area contributed by atoms with E-state index in [-0.39, 0.29) is 24.0 Å². The summed E-state index contributed by atoms with van der Waals surface area (Å²) in [5.41, 5.74) is 1.96. The maximum atomic E-state index is 5.51. The number of hydrogen-bond acceptors (Lipinski definition) is 6. The van der Waals surface area contributed by atoms with Crippen molar-refractivity contribution in [3.8, 4) is 28.7 Å². The third kappa shape index (κ3) is 7.27. The predicted molar refractivity (Wildman–Crippen MR) is 133 cm³/mol. The molecule has 0 amide bonds. The largest absolute Gasteiger partial charge is 0.497 e. The fourth-order valence-corrected chi connectivity index (χ4v) is 3.03. The Balaban J connectivity index is 0.00000480. The Labute approximate surface area is 201 Å². The van der Waals surface area contributed by atoms with E-state index in [1.165, 1.54) is 0 Å². The third-order valence-corrected chi connectivity index (χ3v) is 4.65. The molecule has 0 saturated heterocycles. The van der Waals surface area contributed by atoms with Crippen LogP contribution in [0.1, 0.15) is 11.1 Å². The van der Waals surface area contributed by atoms with Crippen molar-refractivity contribution in [2.24, 2.45) is 4.99 Å². The van der Waals surface area contributed by atoms with Crippen molar-refractivity contribution in [2.75, 3.05) is 49.1 Å². The second kappa shape index (κ2) is 13.7. The fraction of sp³-hybridized carbons (Fsp3) is 0.409. The van der Waals surface area contributed by atoms with Crippen molar-refractivity contribution in [1.29, 1.82) is 0 Å². The summed E-state index contributed by atoms with van der Waals surface area (Å²) in [5, 5.41) is 6.61. The first-order valence-corrected chi connectivity index (χ1v) is 9.54. The van der Waals surface area contributed by atoms with E-state index in [0.717, 1.165) is 34.1 Å². The monoisotopic (exact) mass is 545 g/mol. The van der Waals surface area contributed by atoms with Gasteiger partial charge in [0.25, 0.3) is 0 Å². The Morgan fingerprint density at radius 1 is 0.774 bits per heavy atom. The minimum absolute atomic E-state index is 0. The summed E-state index contributed by atoms with van der Waals surface area (Å²) in [5.74, 6) is 4.31. The van der Waals surface area contributed by atoms with E-state index in [4.69, 9.17) is 23.7 Å². The second-order valence-corrected chi connectivity index (χ2v) is 6.29. The predicted octanol–water partition coefficient (Wildman–Crippen LogP) is 3.26. The van der Waals surface area contributed by atoms with Gasteiger partial charge in [-0.15, -0.1) is 24.0 Å². The summed E-state index contributed by atoms with van der Waals surface area (Å²) in [6.45, 7) is 1.19. The van der Waals surface area contributed by atoms with Gasteiger partial charge in [-0.3, -0.25) is 4.99 Å². The molecule has 0 fully saturated rings. The minimum atomic E-state index is 0. The van der Waals surface area contributed by atoms with E-state index >= 15 is 0 Å². The molecule has 0 atom stereocenters. The van der Waals surface area contributed by atoms with Crippen LogP contribution >= 0.6 is 24.0 Å². The van der Waals surface area contributed by atoms with Gasteiger partial charge in [0.2, 0.25) is 0 Å². The highest BCUT2D eigenvalue weighted by atomic mass is 127. The van der Waals surface area contributed by atoms with Gasteiger partial charge in [0.1, 0.15) is 28.7 Å². The lowest BCUT2D eigenvalue weighted by Gasteiger charge is -2.17. The van der Waals surface area contributed by atoms with Gasteiger partial charge < -0.3 is 34.3 Å². The van der Waals surface area contributed by atoms with Crippen LogP contribution in [0.2, 0.25) is 0 Å². The van der Waals surface area contributed by atoms with E-state index < -0.39 is 0 Å². The molecule has 0 saturated carbocycles. The first-order valence-electron chi connectivity index (χ1n) is 9.54. The zero-order valence-electron chi connectivity index (χ0n) is 18.9. The van der Waals surface area contributed by atoms with Crippen LogP contribution in [0.4, 0.5) is 0 Å². The third-order valence-electron chi connectivity index (χ3n) is 4.65.